The summed E-state index contributed by atoms with van der Waals surface area (Å²) in [5.41, 5.74) is 0.0133. The van der Waals surface area contributed by atoms with Gasteiger partial charge in [0.1, 0.15) is 11.4 Å². The number of carboxylic acids is 1. The lowest BCUT2D eigenvalue weighted by Crippen LogP contribution is -2.19. The van der Waals surface area contributed by atoms with Crippen LogP contribution in [0.3, 0.4) is 0 Å². The molecule has 1 N–H and O–H groups in total. The van der Waals surface area contributed by atoms with Gasteiger partial charge in [0, 0.05) is 10.9 Å². The van der Waals surface area contributed by atoms with Crippen LogP contribution >= 0.6 is 0 Å². The highest BCUT2D eigenvalue weighted by Gasteiger charge is 2.53. The number of rotatable bonds is 2. The Hall–Kier alpha value is -1.84. The maximum atomic E-state index is 13.4. The molecule has 1 aliphatic carbocycles. The maximum Gasteiger partial charge on any atom is 0.314 e. The van der Waals surface area contributed by atoms with Crippen LogP contribution in [0, 0.1) is 5.82 Å². The van der Waals surface area contributed by atoms with E-state index >= 15 is 0 Å². The van der Waals surface area contributed by atoms with E-state index in [0.29, 0.717) is 29.4 Å². The molecule has 0 aliphatic heterocycles. The van der Waals surface area contributed by atoms with E-state index in [-0.39, 0.29) is 0 Å². The Morgan fingerprint density at radius 2 is 2.19 bits per heavy atom. The minimum Gasteiger partial charge on any atom is -0.481 e. The van der Waals surface area contributed by atoms with Crippen LogP contribution in [0.5, 0.6) is 0 Å². The number of hydrogen-bond donors (Lipinski definition) is 1. The average molecular weight is 220 g/mol. The molecule has 16 heavy (non-hydrogen) atoms. The van der Waals surface area contributed by atoms with Crippen molar-refractivity contribution in [2.45, 2.75) is 18.3 Å². The normalized spacial score (nSPS) is 17.6. The number of aliphatic carboxylic acids is 1. The Kier molecular flexibility index (Phi) is 1.67. The van der Waals surface area contributed by atoms with E-state index in [1.807, 2.05) is 0 Å². The summed E-state index contributed by atoms with van der Waals surface area (Å²) in [7, 11) is 0. The van der Waals surface area contributed by atoms with E-state index in [2.05, 4.69) is 0 Å². The van der Waals surface area contributed by atoms with Gasteiger partial charge in [0.2, 0.25) is 0 Å². The second kappa shape index (κ2) is 2.84. The molecule has 82 valence electrons. The highest BCUT2D eigenvalue weighted by Crippen LogP contribution is 2.50. The summed E-state index contributed by atoms with van der Waals surface area (Å²) in [6, 6.07) is 4.26. The van der Waals surface area contributed by atoms with Gasteiger partial charge in [0.05, 0.1) is 11.7 Å². The van der Waals surface area contributed by atoms with Gasteiger partial charge in [-0.3, -0.25) is 4.79 Å². The molecule has 1 heterocycles. The molecule has 0 amide bonds. The third kappa shape index (κ3) is 1.10. The Morgan fingerprint density at radius 3 is 2.81 bits per heavy atom. The van der Waals surface area contributed by atoms with Crippen molar-refractivity contribution in [3.8, 4) is 0 Å². The molecule has 0 atom stereocenters. The van der Waals surface area contributed by atoms with Crippen LogP contribution in [-0.2, 0) is 10.2 Å². The predicted molar refractivity (Wildman–Crippen MR) is 54.7 cm³/mol. The van der Waals surface area contributed by atoms with Crippen LogP contribution in [-0.4, -0.2) is 11.1 Å². The number of furan rings is 1. The Labute approximate surface area is 90.5 Å². The second-order valence-electron chi connectivity index (χ2n) is 4.18. The van der Waals surface area contributed by atoms with Gasteiger partial charge in [0.25, 0.3) is 0 Å². The summed E-state index contributed by atoms with van der Waals surface area (Å²) in [5, 5.41) is 9.79. The molecule has 0 bridgehead atoms. The van der Waals surface area contributed by atoms with Gasteiger partial charge in [0.15, 0.2) is 0 Å². The molecule has 4 heteroatoms. The van der Waals surface area contributed by atoms with Crippen LogP contribution in [0.15, 0.2) is 28.9 Å². The molecule has 1 saturated carbocycles. The molecule has 0 saturated heterocycles. The van der Waals surface area contributed by atoms with Crippen molar-refractivity contribution in [2.75, 3.05) is 0 Å². The smallest absolute Gasteiger partial charge is 0.314 e. The average Bonchev–Trinajstić information content (AvgIpc) is 2.91. The van der Waals surface area contributed by atoms with Crippen molar-refractivity contribution in [1.29, 1.82) is 0 Å². The summed E-state index contributed by atoms with van der Waals surface area (Å²) in [6.45, 7) is 0. The molecule has 0 radical (unpaired) electrons. The molecule has 1 aromatic carbocycles. The summed E-state index contributed by atoms with van der Waals surface area (Å²) < 4.78 is 18.6. The van der Waals surface area contributed by atoms with E-state index in [0.717, 1.165) is 0 Å². The lowest BCUT2D eigenvalue weighted by atomic mass is 9.94. The number of halogens is 1. The fourth-order valence-electron chi connectivity index (χ4n) is 2.12. The van der Waals surface area contributed by atoms with Gasteiger partial charge < -0.3 is 9.52 Å². The minimum absolute atomic E-state index is 0.420. The van der Waals surface area contributed by atoms with Crippen molar-refractivity contribution in [3.05, 3.63) is 35.8 Å². The van der Waals surface area contributed by atoms with E-state index < -0.39 is 17.2 Å². The van der Waals surface area contributed by atoms with Gasteiger partial charge >= 0.3 is 5.97 Å². The number of carbonyl (C=O) groups is 1. The Balaban J connectivity index is 2.30. The number of benzene rings is 1. The number of hydrogen-bond acceptors (Lipinski definition) is 2. The monoisotopic (exact) mass is 220 g/mol. The number of carboxylic acid groups (broad SMARTS) is 1. The molecule has 3 rings (SSSR count). The van der Waals surface area contributed by atoms with Gasteiger partial charge in [-0.05, 0) is 31.0 Å². The first-order valence-electron chi connectivity index (χ1n) is 5.04. The SMILES string of the molecule is O=C(O)C1(c2cc(F)cc3ccoc23)CC1. The zero-order chi connectivity index (χ0) is 11.3. The Morgan fingerprint density at radius 1 is 1.44 bits per heavy atom. The first kappa shape index (κ1) is 9.39. The van der Waals surface area contributed by atoms with Crippen molar-refractivity contribution in [1.82, 2.24) is 0 Å². The van der Waals surface area contributed by atoms with E-state index in [1.165, 1.54) is 18.4 Å². The molecule has 0 unspecified atom stereocenters. The standard InChI is InChI=1S/C12H9FO3/c13-8-5-7-1-4-16-10(7)9(6-8)12(2-3-12)11(14)15/h1,4-6H,2-3H2,(H,14,15). The molecular formula is C12H9FO3. The highest BCUT2D eigenvalue weighted by molar-refractivity contribution is 5.92. The molecule has 1 aromatic heterocycles. The maximum absolute atomic E-state index is 13.4. The molecular weight excluding hydrogens is 211 g/mol. The summed E-state index contributed by atoms with van der Waals surface area (Å²) >= 11 is 0. The van der Waals surface area contributed by atoms with Crippen LogP contribution < -0.4 is 0 Å². The lowest BCUT2D eigenvalue weighted by molar-refractivity contribution is -0.140. The third-order valence-corrected chi connectivity index (χ3v) is 3.19. The summed E-state index contributed by atoms with van der Waals surface area (Å²) in [4.78, 5) is 11.2. The summed E-state index contributed by atoms with van der Waals surface area (Å²) in [5.74, 6) is -1.33. The van der Waals surface area contributed by atoms with E-state index in [1.54, 1.807) is 6.07 Å². The van der Waals surface area contributed by atoms with Crippen LogP contribution in [0.2, 0.25) is 0 Å². The highest BCUT2D eigenvalue weighted by atomic mass is 19.1. The van der Waals surface area contributed by atoms with Crippen LogP contribution in [0.1, 0.15) is 18.4 Å². The predicted octanol–water partition coefficient (Wildman–Crippen LogP) is 2.69. The van der Waals surface area contributed by atoms with Crippen molar-refractivity contribution < 1.29 is 18.7 Å². The first-order chi connectivity index (χ1) is 7.63. The molecule has 1 fully saturated rings. The van der Waals surface area contributed by atoms with Crippen molar-refractivity contribution in [3.63, 3.8) is 0 Å². The molecule has 1 aliphatic rings. The zero-order valence-corrected chi connectivity index (χ0v) is 8.37. The molecule has 0 spiro atoms. The quantitative estimate of drug-likeness (QED) is 0.846. The van der Waals surface area contributed by atoms with E-state index in [9.17, 15) is 14.3 Å². The van der Waals surface area contributed by atoms with E-state index in [4.69, 9.17) is 4.42 Å². The fraction of sp³-hybridized carbons (Fsp3) is 0.250. The largest absolute Gasteiger partial charge is 0.481 e. The number of fused-ring (bicyclic) bond motifs is 1. The Bertz CT molecular complexity index is 581. The van der Waals surface area contributed by atoms with Crippen LogP contribution in [0.25, 0.3) is 11.0 Å². The summed E-state index contributed by atoms with van der Waals surface area (Å²) in [6.07, 6.45) is 2.54. The van der Waals surface area contributed by atoms with Gasteiger partial charge in [-0.2, -0.15) is 0 Å². The van der Waals surface area contributed by atoms with Gasteiger partial charge in [-0.1, -0.05) is 0 Å². The topological polar surface area (TPSA) is 50.4 Å². The lowest BCUT2D eigenvalue weighted by Gasteiger charge is -2.10. The van der Waals surface area contributed by atoms with Crippen molar-refractivity contribution in [2.24, 2.45) is 0 Å². The minimum atomic E-state index is -0.932. The molecule has 3 nitrogen and oxygen atoms in total. The molecule has 2 aromatic rings. The van der Waals surface area contributed by atoms with Crippen molar-refractivity contribution >= 4 is 16.9 Å². The first-order valence-corrected chi connectivity index (χ1v) is 5.04. The zero-order valence-electron chi connectivity index (χ0n) is 8.37. The van der Waals surface area contributed by atoms with Gasteiger partial charge in [-0.15, -0.1) is 0 Å². The van der Waals surface area contributed by atoms with Gasteiger partial charge in [-0.25, -0.2) is 4.39 Å². The third-order valence-electron chi connectivity index (χ3n) is 3.19. The van der Waals surface area contributed by atoms with Crippen LogP contribution in [0.4, 0.5) is 4.39 Å². The fourth-order valence-corrected chi connectivity index (χ4v) is 2.12. The second-order valence-corrected chi connectivity index (χ2v) is 4.18.